The van der Waals surface area contributed by atoms with Crippen LogP contribution in [0.25, 0.3) is 0 Å². The first-order valence-corrected chi connectivity index (χ1v) is 6.55. The van der Waals surface area contributed by atoms with Gasteiger partial charge < -0.3 is 14.8 Å². The molecule has 2 atom stereocenters. The third kappa shape index (κ3) is 4.64. The number of carbonyl (C=O) groups excluding carboxylic acids is 1. The maximum absolute atomic E-state index is 11.7. The topological polar surface area (TPSA) is 47.6 Å². The fourth-order valence-electron chi connectivity index (χ4n) is 2.25. The van der Waals surface area contributed by atoms with Crippen molar-refractivity contribution in [2.24, 2.45) is 0 Å². The molecular formula is C13H25NO3. The average Bonchev–Trinajstić information content (AvgIpc) is 2.24. The highest BCUT2D eigenvalue weighted by Gasteiger charge is 2.31. The van der Waals surface area contributed by atoms with E-state index in [1.165, 1.54) is 0 Å². The number of ether oxygens (including phenoxy) is 2. The Bertz CT molecular complexity index is 253. The van der Waals surface area contributed by atoms with Crippen LogP contribution in [0.4, 0.5) is 0 Å². The van der Waals surface area contributed by atoms with Gasteiger partial charge in [-0.25, -0.2) is 0 Å². The van der Waals surface area contributed by atoms with E-state index in [2.05, 4.69) is 19.2 Å². The van der Waals surface area contributed by atoms with Gasteiger partial charge in [0.15, 0.2) is 0 Å². The molecule has 1 saturated heterocycles. The fraction of sp³-hybridized carbons (Fsp3) is 0.923. The fourth-order valence-corrected chi connectivity index (χ4v) is 2.25. The van der Waals surface area contributed by atoms with Crippen molar-refractivity contribution in [2.45, 2.75) is 64.6 Å². The lowest BCUT2D eigenvalue weighted by atomic mass is 9.93. The monoisotopic (exact) mass is 243 g/mol. The summed E-state index contributed by atoms with van der Waals surface area (Å²) in [7, 11) is 0. The summed E-state index contributed by atoms with van der Waals surface area (Å²) in [6, 6.07) is 0.155. The van der Waals surface area contributed by atoms with Gasteiger partial charge in [0.05, 0.1) is 12.2 Å². The molecule has 1 heterocycles. The minimum Gasteiger partial charge on any atom is -0.465 e. The molecule has 1 rings (SSSR count). The van der Waals surface area contributed by atoms with Crippen LogP contribution in [0.5, 0.6) is 0 Å². The maximum Gasteiger partial charge on any atom is 0.323 e. The van der Waals surface area contributed by atoms with Gasteiger partial charge in [0, 0.05) is 12.6 Å². The van der Waals surface area contributed by atoms with Crippen LogP contribution in [0.1, 0.15) is 47.0 Å². The lowest BCUT2D eigenvalue weighted by molar-refractivity contribution is -0.146. The molecule has 2 unspecified atom stereocenters. The van der Waals surface area contributed by atoms with Crippen LogP contribution in [0, 0.1) is 0 Å². The van der Waals surface area contributed by atoms with Crippen molar-refractivity contribution in [2.75, 3.05) is 13.2 Å². The summed E-state index contributed by atoms with van der Waals surface area (Å²) in [5.41, 5.74) is -0.0944. The molecule has 0 amide bonds. The summed E-state index contributed by atoms with van der Waals surface area (Å²) in [5, 5.41) is 3.39. The molecule has 0 aromatic heterocycles. The quantitative estimate of drug-likeness (QED) is 0.749. The molecule has 4 nitrogen and oxygen atoms in total. The van der Waals surface area contributed by atoms with Crippen LogP contribution in [-0.2, 0) is 14.3 Å². The molecule has 1 aliphatic rings. The third-order valence-electron chi connectivity index (χ3n) is 3.11. The number of carbonyl (C=O) groups is 1. The summed E-state index contributed by atoms with van der Waals surface area (Å²) in [4.78, 5) is 11.7. The molecule has 0 aromatic rings. The van der Waals surface area contributed by atoms with Crippen LogP contribution < -0.4 is 5.32 Å². The lowest BCUT2D eigenvalue weighted by Gasteiger charge is -2.37. The van der Waals surface area contributed by atoms with E-state index < -0.39 is 0 Å². The van der Waals surface area contributed by atoms with Crippen molar-refractivity contribution in [3.05, 3.63) is 0 Å². The first kappa shape index (κ1) is 14.5. The van der Waals surface area contributed by atoms with Gasteiger partial charge in [-0.15, -0.1) is 0 Å². The lowest BCUT2D eigenvalue weighted by Crippen LogP contribution is -2.50. The number of hydrogen-bond acceptors (Lipinski definition) is 4. The standard InChI is InChI=1S/C13H25NO3/c1-5-11(12(15)16-6-2)14-10-7-8-17-13(3,4)9-10/h10-11,14H,5-9H2,1-4H3. The second-order valence-electron chi connectivity index (χ2n) is 5.18. The molecule has 17 heavy (non-hydrogen) atoms. The smallest absolute Gasteiger partial charge is 0.323 e. The van der Waals surface area contributed by atoms with Crippen LogP contribution in [0.2, 0.25) is 0 Å². The van der Waals surface area contributed by atoms with E-state index in [1.807, 2.05) is 13.8 Å². The van der Waals surface area contributed by atoms with Gasteiger partial charge in [-0.2, -0.15) is 0 Å². The SMILES string of the molecule is CCOC(=O)C(CC)NC1CCOC(C)(C)C1. The zero-order valence-corrected chi connectivity index (χ0v) is 11.4. The number of nitrogens with one attached hydrogen (secondary N) is 1. The van der Waals surface area contributed by atoms with Crippen molar-refractivity contribution in [1.82, 2.24) is 5.32 Å². The van der Waals surface area contributed by atoms with Crippen molar-refractivity contribution >= 4 is 5.97 Å². The number of esters is 1. The Hall–Kier alpha value is -0.610. The summed E-state index contributed by atoms with van der Waals surface area (Å²) in [6.45, 7) is 9.21. The highest BCUT2D eigenvalue weighted by Crippen LogP contribution is 2.24. The first-order chi connectivity index (χ1) is 7.98. The highest BCUT2D eigenvalue weighted by molar-refractivity contribution is 5.75. The van der Waals surface area contributed by atoms with Crippen LogP contribution in [-0.4, -0.2) is 36.9 Å². The molecule has 1 aliphatic heterocycles. The predicted octanol–water partition coefficient (Wildman–Crippen LogP) is 1.88. The van der Waals surface area contributed by atoms with Gasteiger partial charge in [-0.05, 0) is 40.0 Å². The molecule has 0 radical (unpaired) electrons. The Labute approximate surface area is 104 Å². The molecular weight excluding hydrogens is 218 g/mol. The normalized spacial score (nSPS) is 25.3. The largest absolute Gasteiger partial charge is 0.465 e. The summed E-state index contributed by atoms with van der Waals surface area (Å²) in [6.07, 6.45) is 2.65. The van der Waals surface area contributed by atoms with E-state index in [0.717, 1.165) is 25.9 Å². The van der Waals surface area contributed by atoms with Crippen molar-refractivity contribution in [3.8, 4) is 0 Å². The summed E-state index contributed by atoms with van der Waals surface area (Å²) >= 11 is 0. The molecule has 1 fully saturated rings. The van der Waals surface area contributed by atoms with Gasteiger partial charge in [0.1, 0.15) is 6.04 Å². The third-order valence-corrected chi connectivity index (χ3v) is 3.11. The molecule has 4 heteroatoms. The highest BCUT2D eigenvalue weighted by atomic mass is 16.5. The van der Waals surface area contributed by atoms with Crippen LogP contribution in [0.3, 0.4) is 0 Å². The molecule has 0 saturated carbocycles. The van der Waals surface area contributed by atoms with Gasteiger partial charge >= 0.3 is 5.97 Å². The van der Waals surface area contributed by atoms with Gasteiger partial charge in [0.25, 0.3) is 0 Å². The molecule has 0 bridgehead atoms. The van der Waals surface area contributed by atoms with E-state index in [0.29, 0.717) is 12.6 Å². The Morgan fingerprint density at radius 3 is 2.76 bits per heavy atom. The minimum absolute atomic E-state index is 0.0944. The summed E-state index contributed by atoms with van der Waals surface area (Å²) < 4.78 is 10.7. The van der Waals surface area contributed by atoms with Crippen LogP contribution in [0.15, 0.2) is 0 Å². The zero-order valence-electron chi connectivity index (χ0n) is 11.4. The molecule has 0 spiro atoms. The van der Waals surface area contributed by atoms with Gasteiger partial charge in [-0.1, -0.05) is 6.92 Å². The molecule has 0 aromatic carbocycles. The Balaban J connectivity index is 2.47. The second-order valence-corrected chi connectivity index (χ2v) is 5.18. The van der Waals surface area contributed by atoms with E-state index in [1.54, 1.807) is 0 Å². The Morgan fingerprint density at radius 2 is 2.24 bits per heavy atom. The molecule has 1 N–H and O–H groups in total. The van der Waals surface area contributed by atoms with E-state index in [4.69, 9.17) is 9.47 Å². The van der Waals surface area contributed by atoms with Gasteiger partial charge in [0.2, 0.25) is 0 Å². The molecule has 100 valence electrons. The van der Waals surface area contributed by atoms with E-state index >= 15 is 0 Å². The Kier molecular flexibility index (Phi) is 5.40. The van der Waals surface area contributed by atoms with Crippen molar-refractivity contribution < 1.29 is 14.3 Å². The molecule has 0 aliphatic carbocycles. The maximum atomic E-state index is 11.7. The van der Waals surface area contributed by atoms with Crippen molar-refractivity contribution in [1.29, 1.82) is 0 Å². The zero-order chi connectivity index (χ0) is 12.9. The minimum atomic E-state index is -0.186. The summed E-state index contributed by atoms with van der Waals surface area (Å²) in [5.74, 6) is -0.140. The Morgan fingerprint density at radius 1 is 1.53 bits per heavy atom. The first-order valence-electron chi connectivity index (χ1n) is 6.55. The second kappa shape index (κ2) is 6.36. The predicted molar refractivity (Wildman–Crippen MR) is 66.9 cm³/mol. The van der Waals surface area contributed by atoms with Crippen LogP contribution >= 0.6 is 0 Å². The average molecular weight is 243 g/mol. The van der Waals surface area contributed by atoms with E-state index in [-0.39, 0.29) is 17.6 Å². The van der Waals surface area contributed by atoms with E-state index in [9.17, 15) is 4.79 Å². The number of rotatable bonds is 5. The van der Waals surface area contributed by atoms with Gasteiger partial charge in [-0.3, -0.25) is 4.79 Å². The number of hydrogen-bond donors (Lipinski definition) is 1. The van der Waals surface area contributed by atoms with Crippen molar-refractivity contribution in [3.63, 3.8) is 0 Å².